The minimum absolute atomic E-state index is 0.524. The van der Waals surface area contributed by atoms with Crippen molar-refractivity contribution in [2.75, 3.05) is 6.54 Å². The molecule has 0 spiro atoms. The molecule has 0 fully saturated rings. The normalized spacial score (nSPS) is 10.7. The number of nitrogens with one attached hydrogen (secondary N) is 2. The van der Waals surface area contributed by atoms with Gasteiger partial charge in [0.15, 0.2) is 5.11 Å². The van der Waals surface area contributed by atoms with E-state index in [1.165, 1.54) is 3.57 Å². The summed E-state index contributed by atoms with van der Waals surface area (Å²) in [6, 6.07) is 12.3. The van der Waals surface area contributed by atoms with Gasteiger partial charge in [0, 0.05) is 22.0 Å². The van der Waals surface area contributed by atoms with Gasteiger partial charge in [-0.2, -0.15) is 5.10 Å². The van der Waals surface area contributed by atoms with Crippen molar-refractivity contribution in [3.63, 3.8) is 0 Å². The van der Waals surface area contributed by atoms with E-state index in [0.717, 1.165) is 17.9 Å². The van der Waals surface area contributed by atoms with Crippen LogP contribution in [0.2, 0.25) is 0 Å². The summed E-state index contributed by atoms with van der Waals surface area (Å²) in [5, 5.41) is 7.64. The topological polar surface area (TPSA) is 41.4 Å². The maximum Gasteiger partial charge on any atom is 0.186 e. The third-order valence-corrected chi connectivity index (χ3v) is 3.54. The van der Waals surface area contributed by atoms with Crippen molar-refractivity contribution in [2.24, 2.45) is 5.10 Å². The Morgan fingerprint density at radius 1 is 1.35 bits per heavy atom. The Bertz CT molecular complexity index is 604. The number of halogens is 1. The van der Waals surface area contributed by atoms with Crippen LogP contribution < -0.4 is 10.7 Å². The van der Waals surface area contributed by atoms with Crippen LogP contribution in [0.1, 0.15) is 12.6 Å². The van der Waals surface area contributed by atoms with Gasteiger partial charge in [-0.15, -0.1) is 0 Å². The molecule has 1 aromatic carbocycles. The number of nitrogens with zero attached hydrogens (tertiary/aromatic N) is 2. The van der Waals surface area contributed by atoms with Crippen LogP contribution in [0.4, 0.5) is 0 Å². The zero-order valence-electron chi connectivity index (χ0n) is 11.0. The summed E-state index contributed by atoms with van der Waals surface area (Å²) < 4.78 is 3.28. The Morgan fingerprint density at radius 2 is 2.10 bits per heavy atom. The van der Waals surface area contributed by atoms with E-state index < -0.39 is 0 Å². The molecule has 0 aliphatic heterocycles. The molecule has 1 heterocycles. The molecule has 0 aliphatic carbocycles. The van der Waals surface area contributed by atoms with Crippen LogP contribution >= 0.6 is 34.8 Å². The van der Waals surface area contributed by atoms with Gasteiger partial charge < -0.3 is 9.88 Å². The van der Waals surface area contributed by atoms with Crippen LogP contribution in [0.25, 0.3) is 5.69 Å². The Labute approximate surface area is 137 Å². The number of hydrogen-bond donors (Lipinski definition) is 2. The zero-order valence-corrected chi connectivity index (χ0v) is 14.0. The minimum atomic E-state index is 0.524. The molecule has 2 rings (SSSR count). The summed E-state index contributed by atoms with van der Waals surface area (Å²) in [5.41, 5.74) is 4.87. The van der Waals surface area contributed by atoms with E-state index in [4.69, 9.17) is 12.2 Å². The molecule has 104 valence electrons. The number of hydrogen-bond acceptors (Lipinski definition) is 2. The van der Waals surface area contributed by atoms with Gasteiger partial charge in [0.1, 0.15) is 0 Å². The molecule has 2 aromatic rings. The fourth-order valence-electron chi connectivity index (χ4n) is 1.69. The highest BCUT2D eigenvalue weighted by Gasteiger charge is 2.01. The van der Waals surface area contributed by atoms with Gasteiger partial charge in [-0.05, 0) is 78.1 Å². The largest absolute Gasteiger partial charge is 0.362 e. The van der Waals surface area contributed by atoms with Crippen LogP contribution in [0.5, 0.6) is 0 Å². The third-order valence-electron chi connectivity index (χ3n) is 2.59. The number of aromatic nitrogens is 1. The number of hydrazone groups is 1. The van der Waals surface area contributed by atoms with E-state index in [1.807, 2.05) is 25.3 Å². The van der Waals surface area contributed by atoms with E-state index in [9.17, 15) is 0 Å². The van der Waals surface area contributed by atoms with Crippen molar-refractivity contribution < 1.29 is 0 Å². The molecule has 0 radical (unpaired) electrons. The van der Waals surface area contributed by atoms with Crippen molar-refractivity contribution >= 4 is 46.1 Å². The Balaban J connectivity index is 2.11. The van der Waals surface area contributed by atoms with E-state index in [-0.39, 0.29) is 0 Å². The highest BCUT2D eigenvalue weighted by Crippen LogP contribution is 2.13. The summed E-state index contributed by atoms with van der Waals surface area (Å²) in [5.74, 6) is 0. The maximum atomic E-state index is 5.05. The first kappa shape index (κ1) is 15.0. The third kappa shape index (κ3) is 4.04. The zero-order chi connectivity index (χ0) is 14.4. The maximum absolute atomic E-state index is 5.05. The van der Waals surface area contributed by atoms with Crippen LogP contribution in [-0.2, 0) is 0 Å². The fourth-order valence-corrected chi connectivity index (χ4v) is 2.25. The second-order valence-corrected chi connectivity index (χ2v) is 5.66. The van der Waals surface area contributed by atoms with E-state index >= 15 is 0 Å². The molecule has 4 nitrogen and oxygen atoms in total. The number of benzene rings is 1. The Hall–Kier alpha value is -1.41. The lowest BCUT2D eigenvalue weighted by molar-refractivity contribution is 0.902. The molecule has 2 N–H and O–H groups in total. The van der Waals surface area contributed by atoms with Gasteiger partial charge in [-0.1, -0.05) is 0 Å². The first-order valence-corrected chi connectivity index (χ1v) is 7.69. The standard InChI is InChI=1S/C14H15IN4S/c1-2-16-14(20)18-17-10-13-4-3-9-19(13)12-7-5-11(15)6-8-12/h3-10H,2H2,1H3,(H2,16,18,20)/b17-10-. The van der Waals surface area contributed by atoms with Crippen LogP contribution in [0.15, 0.2) is 47.7 Å². The van der Waals surface area contributed by atoms with Crippen molar-refractivity contribution in [2.45, 2.75) is 6.92 Å². The molecule has 0 bridgehead atoms. The molecule has 1 aromatic heterocycles. The molecule has 0 saturated carbocycles. The van der Waals surface area contributed by atoms with Crippen molar-refractivity contribution in [1.29, 1.82) is 0 Å². The highest BCUT2D eigenvalue weighted by molar-refractivity contribution is 14.1. The molecule has 0 atom stereocenters. The lowest BCUT2D eigenvalue weighted by Crippen LogP contribution is -2.31. The number of thiocarbonyl (C=S) groups is 1. The molecule has 0 amide bonds. The summed E-state index contributed by atoms with van der Waals surface area (Å²) in [6.45, 7) is 2.76. The second kappa shape index (κ2) is 7.39. The highest BCUT2D eigenvalue weighted by atomic mass is 127. The Morgan fingerprint density at radius 3 is 2.80 bits per heavy atom. The smallest absolute Gasteiger partial charge is 0.186 e. The van der Waals surface area contributed by atoms with Gasteiger partial charge in [0.25, 0.3) is 0 Å². The molecule has 6 heteroatoms. The molecule has 0 unspecified atom stereocenters. The van der Waals surface area contributed by atoms with Gasteiger partial charge in [0.2, 0.25) is 0 Å². The lowest BCUT2D eigenvalue weighted by Gasteiger charge is -2.07. The van der Waals surface area contributed by atoms with Gasteiger partial charge in [-0.3, -0.25) is 5.43 Å². The average Bonchev–Trinajstić information content (AvgIpc) is 2.88. The van der Waals surface area contributed by atoms with Crippen LogP contribution in [-0.4, -0.2) is 22.4 Å². The summed E-state index contributed by atoms with van der Waals surface area (Å²) in [7, 11) is 0. The Kier molecular flexibility index (Phi) is 5.54. The molecule has 20 heavy (non-hydrogen) atoms. The predicted molar refractivity (Wildman–Crippen MR) is 95.5 cm³/mol. The van der Waals surface area contributed by atoms with Crippen molar-refractivity contribution in [3.8, 4) is 5.69 Å². The lowest BCUT2D eigenvalue weighted by atomic mass is 10.3. The summed E-state index contributed by atoms with van der Waals surface area (Å²) in [4.78, 5) is 0. The van der Waals surface area contributed by atoms with Gasteiger partial charge >= 0.3 is 0 Å². The first-order chi connectivity index (χ1) is 9.70. The van der Waals surface area contributed by atoms with E-state index in [1.54, 1.807) is 6.21 Å². The first-order valence-electron chi connectivity index (χ1n) is 6.21. The average molecular weight is 398 g/mol. The molecule has 0 saturated heterocycles. The predicted octanol–water partition coefficient (Wildman–Crippen LogP) is 2.90. The second-order valence-electron chi connectivity index (χ2n) is 4.01. The van der Waals surface area contributed by atoms with Gasteiger partial charge in [0.05, 0.1) is 11.9 Å². The van der Waals surface area contributed by atoms with Crippen LogP contribution in [0.3, 0.4) is 0 Å². The minimum Gasteiger partial charge on any atom is -0.362 e. The quantitative estimate of drug-likeness (QED) is 0.360. The fraction of sp³-hybridized carbons (Fsp3) is 0.143. The molecule has 0 aliphatic rings. The molecular weight excluding hydrogens is 383 g/mol. The number of rotatable bonds is 4. The van der Waals surface area contributed by atoms with Crippen LogP contribution in [0, 0.1) is 3.57 Å². The SMILES string of the molecule is CCNC(=S)N/N=C\c1cccn1-c1ccc(I)cc1. The van der Waals surface area contributed by atoms with Gasteiger partial charge in [-0.25, -0.2) is 0 Å². The van der Waals surface area contributed by atoms with E-state index in [2.05, 4.69) is 67.3 Å². The van der Waals surface area contributed by atoms with Crippen molar-refractivity contribution in [1.82, 2.24) is 15.3 Å². The molecular formula is C14H15IN4S. The van der Waals surface area contributed by atoms with E-state index in [0.29, 0.717) is 5.11 Å². The van der Waals surface area contributed by atoms with Crippen molar-refractivity contribution in [3.05, 3.63) is 51.9 Å². The summed E-state index contributed by atoms with van der Waals surface area (Å²) >= 11 is 7.34. The summed E-state index contributed by atoms with van der Waals surface area (Å²) in [6.07, 6.45) is 3.76. The monoisotopic (exact) mass is 398 g/mol.